The lowest BCUT2D eigenvalue weighted by molar-refractivity contribution is -0.134. The minimum atomic E-state index is -1.26. The molecule has 1 aromatic carbocycles. The third kappa shape index (κ3) is 12.1. The molecule has 0 unspecified atom stereocenters. The summed E-state index contributed by atoms with van der Waals surface area (Å²) in [6.07, 6.45) is 7.21. The van der Waals surface area contributed by atoms with Gasteiger partial charge in [-0.2, -0.15) is 0 Å². The molecular weight excluding hydrogens is 492 g/mol. The van der Waals surface area contributed by atoms with Gasteiger partial charge in [0.15, 0.2) is 0 Å². The SMILES string of the molecule is CN(CCCCCCOc1ncccc1C(=O)c1cccs1)Cc1ccccc1.O=C(O)/C=C/C(=O)O. The van der Waals surface area contributed by atoms with E-state index in [0.29, 0.717) is 35.1 Å². The number of ketones is 1. The Morgan fingerprint density at radius 1 is 0.919 bits per heavy atom. The third-order valence-corrected chi connectivity index (χ3v) is 5.97. The first-order valence-corrected chi connectivity index (χ1v) is 12.8. The molecule has 0 amide bonds. The average Bonchev–Trinajstić information content (AvgIpc) is 3.43. The van der Waals surface area contributed by atoms with Crippen molar-refractivity contribution in [1.82, 2.24) is 9.88 Å². The number of carboxylic acids is 2. The molecule has 0 aliphatic heterocycles. The number of hydrogen-bond donors (Lipinski definition) is 2. The molecule has 196 valence electrons. The van der Waals surface area contributed by atoms with Gasteiger partial charge in [0, 0.05) is 24.9 Å². The van der Waals surface area contributed by atoms with Crippen LogP contribution in [0.1, 0.15) is 46.5 Å². The first kappa shape index (κ1) is 29.4. The average molecular weight is 525 g/mol. The van der Waals surface area contributed by atoms with E-state index in [-0.39, 0.29) is 5.78 Å². The Hall–Kier alpha value is -3.82. The summed E-state index contributed by atoms with van der Waals surface area (Å²) in [5, 5.41) is 17.5. The van der Waals surface area contributed by atoms with E-state index >= 15 is 0 Å². The van der Waals surface area contributed by atoms with Crippen LogP contribution in [0.2, 0.25) is 0 Å². The highest BCUT2D eigenvalue weighted by atomic mass is 32.1. The number of unbranched alkanes of at least 4 members (excludes halogenated alkanes) is 3. The van der Waals surface area contributed by atoms with Crippen LogP contribution >= 0.6 is 11.3 Å². The van der Waals surface area contributed by atoms with Crippen LogP contribution in [0.4, 0.5) is 0 Å². The van der Waals surface area contributed by atoms with Crippen molar-refractivity contribution in [2.75, 3.05) is 20.2 Å². The summed E-state index contributed by atoms with van der Waals surface area (Å²) in [5.41, 5.74) is 1.89. The first-order chi connectivity index (χ1) is 17.9. The highest BCUT2D eigenvalue weighted by Gasteiger charge is 2.16. The fraction of sp³-hybridized carbons (Fsp3) is 0.286. The molecular formula is C28H32N2O6S. The molecule has 0 bridgehead atoms. The molecule has 0 atom stereocenters. The zero-order valence-electron chi connectivity index (χ0n) is 20.8. The lowest BCUT2D eigenvalue weighted by atomic mass is 10.1. The molecule has 9 heteroatoms. The summed E-state index contributed by atoms with van der Waals surface area (Å²) in [6.45, 7) is 2.67. The predicted octanol–water partition coefficient (Wildman–Crippen LogP) is 5.16. The van der Waals surface area contributed by atoms with Crippen molar-refractivity contribution in [2.45, 2.75) is 32.2 Å². The Balaban J connectivity index is 0.000000521. The Labute approximate surface area is 220 Å². The van der Waals surface area contributed by atoms with Crippen molar-refractivity contribution in [1.29, 1.82) is 0 Å². The number of rotatable bonds is 14. The number of hydrogen-bond acceptors (Lipinski definition) is 7. The molecule has 0 fully saturated rings. The molecule has 3 rings (SSSR count). The molecule has 0 aliphatic rings. The van der Waals surface area contributed by atoms with E-state index in [1.54, 1.807) is 18.3 Å². The predicted molar refractivity (Wildman–Crippen MR) is 143 cm³/mol. The monoisotopic (exact) mass is 524 g/mol. The van der Waals surface area contributed by atoms with Gasteiger partial charge in [-0.05, 0) is 55.6 Å². The third-order valence-electron chi connectivity index (χ3n) is 5.10. The summed E-state index contributed by atoms with van der Waals surface area (Å²) in [6, 6.07) is 17.8. The van der Waals surface area contributed by atoms with Gasteiger partial charge in [-0.15, -0.1) is 11.3 Å². The number of carboxylic acid groups (broad SMARTS) is 2. The zero-order chi connectivity index (χ0) is 26.9. The summed E-state index contributed by atoms with van der Waals surface area (Å²) in [7, 11) is 2.17. The maximum Gasteiger partial charge on any atom is 0.328 e. The number of carbonyl (C=O) groups is 3. The van der Waals surface area contributed by atoms with Crippen molar-refractivity contribution >= 4 is 29.1 Å². The summed E-state index contributed by atoms with van der Waals surface area (Å²) in [4.78, 5) is 39.0. The Bertz CT molecular complexity index is 1120. The number of ether oxygens (including phenoxy) is 1. The molecule has 3 aromatic rings. The summed E-state index contributed by atoms with van der Waals surface area (Å²) < 4.78 is 5.83. The quantitative estimate of drug-likeness (QED) is 0.169. The normalized spacial score (nSPS) is 10.6. The topological polar surface area (TPSA) is 117 Å². The Morgan fingerprint density at radius 3 is 2.27 bits per heavy atom. The van der Waals surface area contributed by atoms with Crippen molar-refractivity contribution in [3.8, 4) is 5.88 Å². The van der Waals surface area contributed by atoms with E-state index in [2.05, 4.69) is 47.3 Å². The molecule has 2 N–H and O–H groups in total. The second-order valence-electron chi connectivity index (χ2n) is 8.16. The van der Waals surface area contributed by atoms with Crippen LogP contribution in [0.15, 0.2) is 78.3 Å². The molecule has 0 aliphatic carbocycles. The molecule has 0 saturated heterocycles. The van der Waals surface area contributed by atoms with Crippen molar-refractivity contribution in [2.24, 2.45) is 0 Å². The number of nitrogens with zero attached hydrogens (tertiary/aromatic N) is 2. The van der Waals surface area contributed by atoms with E-state index in [9.17, 15) is 14.4 Å². The number of aromatic nitrogens is 1. The van der Waals surface area contributed by atoms with Crippen LogP contribution in [0.3, 0.4) is 0 Å². The van der Waals surface area contributed by atoms with Crippen LogP contribution in [0.5, 0.6) is 5.88 Å². The maximum atomic E-state index is 12.6. The molecule has 2 heterocycles. The molecule has 8 nitrogen and oxygen atoms in total. The standard InChI is InChI=1S/C24H28N2O2S.C4H4O4/c1-26(19-20-11-5-4-6-12-20)16-7-2-3-8-17-28-24-21(13-9-15-25-24)23(27)22-14-10-18-29-22;5-3(6)1-2-4(7)8/h4-6,9-15,18H,2-3,7-8,16-17,19H2,1H3;1-2H,(H,5,6)(H,7,8)/b;2-1+. The number of benzene rings is 1. The van der Waals surface area contributed by atoms with Crippen molar-refractivity contribution < 1.29 is 29.3 Å². The lowest BCUT2D eigenvalue weighted by Crippen LogP contribution is -2.19. The van der Waals surface area contributed by atoms with Gasteiger partial charge in [-0.25, -0.2) is 14.6 Å². The second-order valence-corrected chi connectivity index (χ2v) is 9.11. The summed E-state index contributed by atoms with van der Waals surface area (Å²) in [5.74, 6) is -2.10. The van der Waals surface area contributed by atoms with Crippen LogP contribution < -0.4 is 4.74 Å². The molecule has 0 spiro atoms. The van der Waals surface area contributed by atoms with Gasteiger partial charge in [0.2, 0.25) is 11.7 Å². The zero-order valence-corrected chi connectivity index (χ0v) is 21.6. The summed E-state index contributed by atoms with van der Waals surface area (Å²) >= 11 is 1.44. The van der Waals surface area contributed by atoms with Crippen LogP contribution in [0, 0.1) is 0 Å². The minimum Gasteiger partial charge on any atom is -0.478 e. The van der Waals surface area contributed by atoms with Gasteiger partial charge in [-0.3, -0.25) is 4.79 Å². The fourth-order valence-electron chi connectivity index (χ4n) is 3.34. The van der Waals surface area contributed by atoms with Crippen LogP contribution in [0.25, 0.3) is 0 Å². The van der Waals surface area contributed by atoms with E-state index < -0.39 is 11.9 Å². The Morgan fingerprint density at radius 2 is 1.62 bits per heavy atom. The van der Waals surface area contributed by atoms with E-state index in [1.165, 1.54) is 29.7 Å². The van der Waals surface area contributed by atoms with Gasteiger partial charge in [0.25, 0.3) is 0 Å². The molecule has 0 saturated carbocycles. The van der Waals surface area contributed by atoms with Gasteiger partial charge in [0.05, 0.1) is 17.0 Å². The molecule has 2 aromatic heterocycles. The smallest absolute Gasteiger partial charge is 0.328 e. The highest BCUT2D eigenvalue weighted by Crippen LogP contribution is 2.21. The van der Waals surface area contributed by atoms with Crippen LogP contribution in [-0.2, 0) is 16.1 Å². The first-order valence-electron chi connectivity index (χ1n) is 11.9. The van der Waals surface area contributed by atoms with E-state index in [1.807, 2.05) is 17.5 Å². The molecule has 0 radical (unpaired) electrons. The van der Waals surface area contributed by atoms with Gasteiger partial charge in [-0.1, -0.05) is 49.2 Å². The van der Waals surface area contributed by atoms with Gasteiger partial charge in [0.1, 0.15) is 0 Å². The fourth-order valence-corrected chi connectivity index (χ4v) is 4.02. The lowest BCUT2D eigenvalue weighted by Gasteiger charge is -2.16. The molecule has 37 heavy (non-hydrogen) atoms. The van der Waals surface area contributed by atoms with Crippen molar-refractivity contribution in [3.63, 3.8) is 0 Å². The Kier molecular flexibility index (Phi) is 13.3. The number of carbonyl (C=O) groups excluding carboxylic acids is 1. The largest absolute Gasteiger partial charge is 0.478 e. The van der Waals surface area contributed by atoms with Gasteiger partial charge < -0.3 is 19.8 Å². The second kappa shape index (κ2) is 16.8. The van der Waals surface area contributed by atoms with Crippen LogP contribution in [-0.4, -0.2) is 58.0 Å². The van der Waals surface area contributed by atoms with E-state index in [4.69, 9.17) is 14.9 Å². The highest BCUT2D eigenvalue weighted by molar-refractivity contribution is 7.12. The van der Waals surface area contributed by atoms with E-state index in [0.717, 1.165) is 25.9 Å². The number of thiophene rings is 1. The van der Waals surface area contributed by atoms with Gasteiger partial charge >= 0.3 is 11.9 Å². The number of pyridine rings is 1. The maximum absolute atomic E-state index is 12.6. The number of aliphatic carboxylic acids is 2. The van der Waals surface area contributed by atoms with Crippen molar-refractivity contribution in [3.05, 3.63) is 94.3 Å². The minimum absolute atomic E-state index is 0.0236.